The van der Waals surface area contributed by atoms with Crippen molar-refractivity contribution in [1.29, 1.82) is 0 Å². The van der Waals surface area contributed by atoms with E-state index in [9.17, 15) is 0 Å². The molecule has 0 atom stereocenters. The van der Waals surface area contributed by atoms with Gasteiger partial charge in [0.15, 0.2) is 5.01 Å². The van der Waals surface area contributed by atoms with Crippen LogP contribution in [0.4, 0.5) is 16.6 Å². The van der Waals surface area contributed by atoms with Gasteiger partial charge < -0.3 is 16.8 Å². The maximum Gasteiger partial charge on any atom is 0.205 e. The summed E-state index contributed by atoms with van der Waals surface area (Å²) in [5.74, 6) is 0.401. The minimum absolute atomic E-state index is 0.401. The maximum absolute atomic E-state index is 6.29. The molecule has 124 valence electrons. The number of nitrogens with zero attached hydrogens (tertiary/aromatic N) is 4. The molecule has 0 amide bonds. The number of fused-ring (bicyclic) bond motifs is 1. The van der Waals surface area contributed by atoms with Gasteiger partial charge in [0.05, 0.1) is 5.69 Å². The summed E-state index contributed by atoms with van der Waals surface area (Å²) in [5.41, 5.74) is 15.3. The number of nitrogens with one attached hydrogen (secondary N) is 1. The van der Waals surface area contributed by atoms with Crippen LogP contribution in [0.5, 0.6) is 0 Å². The summed E-state index contributed by atoms with van der Waals surface area (Å²) in [6.45, 7) is 0. The second-order valence-electron chi connectivity index (χ2n) is 5.37. The molecule has 1 aromatic carbocycles. The average Bonchev–Trinajstić information content (AvgIpc) is 3.12. The lowest BCUT2D eigenvalue weighted by Crippen LogP contribution is -2.01. The Labute approximate surface area is 147 Å². The molecule has 0 aliphatic carbocycles. The summed E-state index contributed by atoms with van der Waals surface area (Å²) in [7, 11) is 1.80. The van der Waals surface area contributed by atoms with E-state index in [0.717, 1.165) is 22.0 Å². The molecule has 0 radical (unpaired) electrons. The van der Waals surface area contributed by atoms with Crippen molar-refractivity contribution in [3.63, 3.8) is 0 Å². The molecule has 8 heteroatoms. The first kappa shape index (κ1) is 15.3. The summed E-state index contributed by atoms with van der Waals surface area (Å²) in [5, 5.41) is 14.3. The molecule has 0 fully saturated rings. The molecule has 4 rings (SSSR count). The lowest BCUT2D eigenvalue weighted by molar-refractivity contribution is 1.09. The maximum atomic E-state index is 6.29. The molecule has 0 unspecified atom stereocenters. The van der Waals surface area contributed by atoms with Gasteiger partial charge in [0.2, 0.25) is 5.13 Å². The summed E-state index contributed by atoms with van der Waals surface area (Å²) < 4.78 is 0. The van der Waals surface area contributed by atoms with Crippen LogP contribution in [-0.4, -0.2) is 27.2 Å². The third kappa shape index (κ3) is 2.52. The van der Waals surface area contributed by atoms with Gasteiger partial charge in [0.1, 0.15) is 11.5 Å². The molecule has 0 aliphatic rings. The molecule has 0 saturated carbocycles. The van der Waals surface area contributed by atoms with Crippen LogP contribution >= 0.6 is 11.3 Å². The first-order chi connectivity index (χ1) is 12.2. The quantitative estimate of drug-likeness (QED) is 0.487. The molecule has 0 bridgehead atoms. The Morgan fingerprint density at radius 1 is 1.04 bits per heavy atom. The van der Waals surface area contributed by atoms with Gasteiger partial charge in [-0.05, 0) is 18.2 Å². The van der Waals surface area contributed by atoms with Gasteiger partial charge in [-0.1, -0.05) is 29.5 Å². The summed E-state index contributed by atoms with van der Waals surface area (Å²) in [6.07, 6.45) is 1.74. The van der Waals surface area contributed by atoms with E-state index in [2.05, 4.69) is 25.5 Å². The van der Waals surface area contributed by atoms with Crippen LogP contribution in [0.15, 0.2) is 42.6 Å². The van der Waals surface area contributed by atoms with Crippen LogP contribution < -0.4 is 16.8 Å². The predicted octanol–water partition coefficient (Wildman–Crippen LogP) is 3.02. The Balaban J connectivity index is 2.13. The molecule has 5 N–H and O–H groups in total. The molecule has 4 aromatic rings. The van der Waals surface area contributed by atoms with Crippen molar-refractivity contribution < 1.29 is 0 Å². The third-order valence-electron chi connectivity index (χ3n) is 3.85. The van der Waals surface area contributed by atoms with Crippen molar-refractivity contribution in [3.05, 3.63) is 42.6 Å². The topological polar surface area (TPSA) is 116 Å². The van der Waals surface area contributed by atoms with Gasteiger partial charge in [-0.3, -0.25) is 4.98 Å². The van der Waals surface area contributed by atoms with Gasteiger partial charge in [0, 0.05) is 35.3 Å². The van der Waals surface area contributed by atoms with Gasteiger partial charge >= 0.3 is 0 Å². The number of nitrogen functional groups attached to an aromatic ring is 2. The molecular weight excluding hydrogens is 334 g/mol. The van der Waals surface area contributed by atoms with Gasteiger partial charge in [-0.2, -0.15) is 0 Å². The van der Waals surface area contributed by atoms with E-state index in [1.165, 1.54) is 11.3 Å². The molecule has 0 spiro atoms. The fourth-order valence-corrected chi connectivity index (χ4v) is 3.45. The Morgan fingerprint density at radius 2 is 1.92 bits per heavy atom. The van der Waals surface area contributed by atoms with E-state index >= 15 is 0 Å². The SMILES string of the molecule is CNc1nnc(-c2nc(N)c3cccc(N)c3c2-c2ccccn2)s1. The Bertz CT molecular complexity index is 1060. The number of rotatable bonds is 3. The van der Waals surface area contributed by atoms with Gasteiger partial charge in [-0.15, -0.1) is 10.2 Å². The monoisotopic (exact) mass is 349 g/mol. The molecule has 7 nitrogen and oxygen atoms in total. The number of benzene rings is 1. The molecule has 0 aliphatic heterocycles. The predicted molar refractivity (Wildman–Crippen MR) is 102 cm³/mol. The van der Waals surface area contributed by atoms with Crippen LogP contribution in [0.25, 0.3) is 32.7 Å². The summed E-state index contributed by atoms with van der Waals surface area (Å²) in [4.78, 5) is 9.09. The van der Waals surface area contributed by atoms with E-state index < -0.39 is 0 Å². The standard InChI is InChI=1S/C17H15N7S/c1-20-17-24-23-16(25-17)14-13(11-7-2-3-8-21-11)12-9(15(19)22-14)5-4-6-10(12)18/h2-8H,18H2,1H3,(H2,19,22)(H,20,24). The first-order valence-electron chi connectivity index (χ1n) is 7.59. The van der Waals surface area contributed by atoms with Crippen molar-refractivity contribution >= 4 is 38.7 Å². The summed E-state index contributed by atoms with van der Waals surface area (Å²) >= 11 is 1.40. The Hall–Kier alpha value is -3.26. The molecule has 3 aromatic heterocycles. The highest BCUT2D eigenvalue weighted by molar-refractivity contribution is 7.18. The number of pyridine rings is 2. The number of nitrogens with two attached hydrogens (primary N) is 2. The zero-order chi connectivity index (χ0) is 17.4. The van der Waals surface area contributed by atoms with E-state index in [0.29, 0.717) is 27.3 Å². The van der Waals surface area contributed by atoms with Crippen molar-refractivity contribution in [2.75, 3.05) is 23.8 Å². The fraction of sp³-hybridized carbons (Fsp3) is 0.0588. The van der Waals surface area contributed by atoms with Crippen molar-refractivity contribution in [3.8, 4) is 22.0 Å². The zero-order valence-corrected chi connectivity index (χ0v) is 14.2. The summed E-state index contributed by atoms with van der Waals surface area (Å²) in [6, 6.07) is 11.3. The highest BCUT2D eigenvalue weighted by atomic mass is 32.1. The number of anilines is 3. The number of aromatic nitrogens is 4. The highest BCUT2D eigenvalue weighted by Gasteiger charge is 2.21. The third-order valence-corrected chi connectivity index (χ3v) is 4.80. The van der Waals surface area contributed by atoms with Crippen LogP contribution in [-0.2, 0) is 0 Å². The van der Waals surface area contributed by atoms with E-state index in [1.54, 1.807) is 13.2 Å². The van der Waals surface area contributed by atoms with Crippen LogP contribution in [0.1, 0.15) is 0 Å². The van der Waals surface area contributed by atoms with Crippen LogP contribution in [0.2, 0.25) is 0 Å². The number of hydrogen-bond donors (Lipinski definition) is 3. The minimum atomic E-state index is 0.401. The first-order valence-corrected chi connectivity index (χ1v) is 8.41. The largest absolute Gasteiger partial charge is 0.398 e. The number of hydrogen-bond acceptors (Lipinski definition) is 8. The molecule has 25 heavy (non-hydrogen) atoms. The molecule has 0 saturated heterocycles. The highest BCUT2D eigenvalue weighted by Crippen LogP contribution is 2.41. The molecule has 3 heterocycles. The van der Waals surface area contributed by atoms with Crippen molar-refractivity contribution in [1.82, 2.24) is 20.2 Å². The fourth-order valence-electron chi connectivity index (χ4n) is 2.75. The van der Waals surface area contributed by atoms with E-state index in [4.69, 9.17) is 11.5 Å². The Morgan fingerprint density at radius 3 is 2.64 bits per heavy atom. The average molecular weight is 349 g/mol. The van der Waals surface area contributed by atoms with Crippen LogP contribution in [0.3, 0.4) is 0 Å². The van der Waals surface area contributed by atoms with Crippen molar-refractivity contribution in [2.24, 2.45) is 0 Å². The smallest absolute Gasteiger partial charge is 0.205 e. The Kier molecular flexibility index (Phi) is 3.66. The zero-order valence-electron chi connectivity index (χ0n) is 13.4. The van der Waals surface area contributed by atoms with Gasteiger partial charge in [-0.25, -0.2) is 4.98 Å². The lowest BCUT2D eigenvalue weighted by Gasteiger charge is -2.14. The van der Waals surface area contributed by atoms with E-state index in [-0.39, 0.29) is 0 Å². The van der Waals surface area contributed by atoms with Crippen molar-refractivity contribution in [2.45, 2.75) is 0 Å². The lowest BCUT2D eigenvalue weighted by atomic mass is 9.99. The normalized spacial score (nSPS) is 10.9. The molecular formula is C17H15N7S. The second kappa shape index (κ2) is 5.99. The van der Waals surface area contributed by atoms with E-state index in [1.807, 2.05) is 36.4 Å². The van der Waals surface area contributed by atoms with Crippen LogP contribution in [0, 0.1) is 0 Å². The minimum Gasteiger partial charge on any atom is -0.398 e. The second-order valence-corrected chi connectivity index (χ2v) is 6.35. The van der Waals surface area contributed by atoms with Gasteiger partial charge in [0.25, 0.3) is 0 Å².